The molecule has 0 saturated heterocycles. The SMILES string of the molecule is CC[C@H]1CC[C@@](NC(=O)c2ccc(OC)c(OC(C)=O)c2)(C(=O)OC)CC1. The fraction of sp³-hybridized carbons (Fsp3) is 0.550. The summed E-state index contributed by atoms with van der Waals surface area (Å²) in [7, 11) is 2.77. The van der Waals surface area contributed by atoms with Gasteiger partial charge >= 0.3 is 11.9 Å². The number of carbonyl (C=O) groups is 3. The number of nitrogens with one attached hydrogen (secondary N) is 1. The molecule has 0 bridgehead atoms. The van der Waals surface area contributed by atoms with Crippen molar-refractivity contribution in [3.63, 3.8) is 0 Å². The van der Waals surface area contributed by atoms with E-state index in [2.05, 4.69) is 12.2 Å². The molecule has 0 aliphatic heterocycles. The third kappa shape index (κ3) is 4.78. The van der Waals surface area contributed by atoms with E-state index in [0.29, 0.717) is 24.5 Å². The molecule has 1 saturated carbocycles. The van der Waals surface area contributed by atoms with Crippen LogP contribution in [0.1, 0.15) is 56.3 Å². The first-order chi connectivity index (χ1) is 12.8. The highest BCUT2D eigenvalue weighted by molar-refractivity contribution is 5.98. The fourth-order valence-corrected chi connectivity index (χ4v) is 3.50. The van der Waals surface area contributed by atoms with Crippen LogP contribution in [0, 0.1) is 5.92 Å². The van der Waals surface area contributed by atoms with Gasteiger partial charge in [0.15, 0.2) is 11.5 Å². The summed E-state index contributed by atoms with van der Waals surface area (Å²) in [6.07, 6.45) is 3.84. The van der Waals surface area contributed by atoms with Crippen molar-refractivity contribution in [3.05, 3.63) is 23.8 Å². The maximum Gasteiger partial charge on any atom is 0.331 e. The second kappa shape index (κ2) is 8.88. The molecule has 1 aliphatic carbocycles. The predicted molar refractivity (Wildman–Crippen MR) is 98.8 cm³/mol. The Labute approximate surface area is 159 Å². The zero-order valence-corrected chi connectivity index (χ0v) is 16.3. The van der Waals surface area contributed by atoms with Crippen LogP contribution in [-0.2, 0) is 14.3 Å². The van der Waals surface area contributed by atoms with Crippen molar-refractivity contribution in [2.45, 2.75) is 51.5 Å². The average Bonchev–Trinajstić information content (AvgIpc) is 2.67. The van der Waals surface area contributed by atoms with Gasteiger partial charge in [0.2, 0.25) is 0 Å². The molecule has 0 aromatic heterocycles. The van der Waals surface area contributed by atoms with Gasteiger partial charge in [-0.1, -0.05) is 13.3 Å². The van der Waals surface area contributed by atoms with Crippen LogP contribution < -0.4 is 14.8 Å². The molecule has 1 N–H and O–H groups in total. The first kappa shape index (κ1) is 20.7. The lowest BCUT2D eigenvalue weighted by molar-refractivity contribution is -0.150. The molecule has 148 valence electrons. The topological polar surface area (TPSA) is 90.9 Å². The summed E-state index contributed by atoms with van der Waals surface area (Å²) in [5, 5.41) is 2.87. The maximum atomic E-state index is 12.8. The van der Waals surface area contributed by atoms with Gasteiger partial charge in [-0.3, -0.25) is 9.59 Å². The molecule has 1 aromatic rings. The summed E-state index contributed by atoms with van der Waals surface area (Å²) < 4.78 is 15.2. The Balaban J connectivity index is 2.25. The van der Waals surface area contributed by atoms with Crippen molar-refractivity contribution in [2.24, 2.45) is 5.92 Å². The second-order valence-electron chi connectivity index (χ2n) is 6.84. The van der Waals surface area contributed by atoms with Gasteiger partial charge in [0, 0.05) is 12.5 Å². The first-order valence-corrected chi connectivity index (χ1v) is 9.12. The van der Waals surface area contributed by atoms with E-state index < -0.39 is 23.4 Å². The molecule has 0 unspecified atom stereocenters. The summed E-state index contributed by atoms with van der Waals surface area (Å²) >= 11 is 0. The predicted octanol–water partition coefficient (Wildman–Crippen LogP) is 2.86. The van der Waals surface area contributed by atoms with Crippen molar-refractivity contribution in [2.75, 3.05) is 14.2 Å². The van der Waals surface area contributed by atoms with Crippen molar-refractivity contribution in [1.82, 2.24) is 5.32 Å². The molecule has 1 fully saturated rings. The highest BCUT2D eigenvalue weighted by Gasteiger charge is 2.44. The molecule has 1 aliphatic rings. The van der Waals surface area contributed by atoms with Crippen LogP contribution in [0.4, 0.5) is 0 Å². The van der Waals surface area contributed by atoms with Crippen molar-refractivity contribution < 1.29 is 28.6 Å². The molecule has 2 rings (SSSR count). The number of carbonyl (C=O) groups excluding carboxylic acids is 3. The zero-order valence-electron chi connectivity index (χ0n) is 16.3. The van der Waals surface area contributed by atoms with E-state index in [0.717, 1.165) is 19.3 Å². The van der Waals surface area contributed by atoms with E-state index in [1.54, 1.807) is 12.1 Å². The van der Waals surface area contributed by atoms with Gasteiger partial charge < -0.3 is 19.5 Å². The molecule has 0 radical (unpaired) electrons. The van der Waals surface area contributed by atoms with E-state index in [1.165, 1.54) is 27.2 Å². The van der Waals surface area contributed by atoms with E-state index >= 15 is 0 Å². The number of methoxy groups -OCH3 is 2. The van der Waals surface area contributed by atoms with Gasteiger partial charge in [0.25, 0.3) is 5.91 Å². The summed E-state index contributed by atoms with van der Waals surface area (Å²) in [5.41, 5.74) is -0.757. The van der Waals surface area contributed by atoms with Gasteiger partial charge in [-0.2, -0.15) is 0 Å². The van der Waals surface area contributed by atoms with Gasteiger partial charge in [0.1, 0.15) is 5.54 Å². The molecule has 0 atom stereocenters. The zero-order chi connectivity index (χ0) is 20.0. The minimum Gasteiger partial charge on any atom is -0.493 e. The number of hydrogen-bond acceptors (Lipinski definition) is 6. The third-order valence-corrected chi connectivity index (χ3v) is 5.14. The Morgan fingerprint density at radius 3 is 2.33 bits per heavy atom. The van der Waals surface area contributed by atoms with Gasteiger partial charge in [-0.05, 0) is 49.8 Å². The number of hydrogen-bond donors (Lipinski definition) is 1. The van der Waals surface area contributed by atoms with Crippen LogP contribution in [0.25, 0.3) is 0 Å². The summed E-state index contributed by atoms with van der Waals surface area (Å²) in [6.45, 7) is 3.40. The highest BCUT2D eigenvalue weighted by atomic mass is 16.6. The molecule has 0 spiro atoms. The molecule has 7 heteroatoms. The van der Waals surface area contributed by atoms with Crippen molar-refractivity contribution in [3.8, 4) is 11.5 Å². The molecule has 7 nitrogen and oxygen atoms in total. The quantitative estimate of drug-likeness (QED) is 0.605. The minimum atomic E-state index is -1.03. The summed E-state index contributed by atoms with van der Waals surface area (Å²) in [5.74, 6) is -0.330. The van der Waals surface area contributed by atoms with Crippen molar-refractivity contribution >= 4 is 17.8 Å². The highest BCUT2D eigenvalue weighted by Crippen LogP contribution is 2.35. The van der Waals surface area contributed by atoms with E-state index in [1.807, 2.05) is 0 Å². The Bertz CT molecular complexity index is 706. The lowest BCUT2D eigenvalue weighted by Gasteiger charge is -2.38. The number of benzene rings is 1. The smallest absolute Gasteiger partial charge is 0.331 e. The lowest BCUT2D eigenvalue weighted by Crippen LogP contribution is -2.56. The summed E-state index contributed by atoms with van der Waals surface area (Å²) in [4.78, 5) is 36.5. The van der Waals surface area contributed by atoms with Crippen LogP contribution in [0.15, 0.2) is 18.2 Å². The molecule has 1 amide bonds. The lowest BCUT2D eigenvalue weighted by atomic mass is 9.75. The number of amides is 1. The molecular weight excluding hydrogens is 350 g/mol. The largest absolute Gasteiger partial charge is 0.493 e. The van der Waals surface area contributed by atoms with Crippen LogP contribution in [0.2, 0.25) is 0 Å². The molecule has 27 heavy (non-hydrogen) atoms. The normalized spacial score (nSPS) is 21.9. The second-order valence-corrected chi connectivity index (χ2v) is 6.84. The van der Waals surface area contributed by atoms with Crippen LogP contribution in [0.3, 0.4) is 0 Å². The fourth-order valence-electron chi connectivity index (χ4n) is 3.50. The Morgan fingerprint density at radius 1 is 1.15 bits per heavy atom. The van der Waals surface area contributed by atoms with E-state index in [9.17, 15) is 14.4 Å². The minimum absolute atomic E-state index is 0.152. The van der Waals surface area contributed by atoms with Crippen LogP contribution in [-0.4, -0.2) is 37.6 Å². The average molecular weight is 377 g/mol. The first-order valence-electron chi connectivity index (χ1n) is 9.12. The van der Waals surface area contributed by atoms with Crippen LogP contribution in [0.5, 0.6) is 11.5 Å². The molecule has 1 aromatic carbocycles. The third-order valence-electron chi connectivity index (χ3n) is 5.14. The van der Waals surface area contributed by atoms with Crippen molar-refractivity contribution in [1.29, 1.82) is 0 Å². The number of rotatable bonds is 6. The number of ether oxygens (including phenoxy) is 3. The Hall–Kier alpha value is -2.57. The van der Waals surface area contributed by atoms with Crippen LogP contribution >= 0.6 is 0 Å². The monoisotopic (exact) mass is 377 g/mol. The van der Waals surface area contributed by atoms with Gasteiger partial charge in [-0.25, -0.2) is 4.79 Å². The molecule has 0 heterocycles. The van der Waals surface area contributed by atoms with Gasteiger partial charge in [-0.15, -0.1) is 0 Å². The standard InChI is InChI=1S/C20H27NO6/c1-5-14-8-10-20(11-9-14,19(24)26-4)21-18(23)15-6-7-16(25-3)17(12-15)27-13(2)22/h6-7,12,14H,5,8-11H2,1-4H3,(H,21,23)/t14-,20-. The van der Waals surface area contributed by atoms with E-state index in [-0.39, 0.29) is 11.3 Å². The maximum absolute atomic E-state index is 12.8. The Kier molecular flexibility index (Phi) is 6.82. The van der Waals surface area contributed by atoms with E-state index in [4.69, 9.17) is 14.2 Å². The van der Waals surface area contributed by atoms with Gasteiger partial charge in [0.05, 0.1) is 14.2 Å². The number of esters is 2. The Morgan fingerprint density at radius 2 is 1.81 bits per heavy atom. The molecular formula is C20H27NO6. The summed E-state index contributed by atoms with van der Waals surface area (Å²) in [6, 6.07) is 4.54.